The van der Waals surface area contributed by atoms with Crippen LogP contribution < -0.4 is 0 Å². The molecule has 0 nitrogen and oxygen atoms in total. The largest absolute Gasteiger partial charge is 0.0758 e. The van der Waals surface area contributed by atoms with Crippen LogP contribution in [0.25, 0.3) is 17.2 Å². The molecule has 0 aromatic heterocycles. The van der Waals surface area contributed by atoms with E-state index in [2.05, 4.69) is 75.4 Å². The third-order valence-electron chi connectivity index (χ3n) is 6.39. The first-order chi connectivity index (χ1) is 13.7. The lowest BCUT2D eigenvalue weighted by molar-refractivity contribution is 0.302. The van der Waals surface area contributed by atoms with Crippen molar-refractivity contribution in [2.24, 2.45) is 5.92 Å². The molecule has 2 aromatic rings. The Morgan fingerprint density at radius 3 is 1.96 bits per heavy atom. The predicted octanol–water partition coefficient (Wildman–Crippen LogP) is 9.02. The Morgan fingerprint density at radius 2 is 1.39 bits per heavy atom. The fourth-order valence-electron chi connectivity index (χ4n) is 4.70. The molecule has 1 aliphatic rings. The summed E-state index contributed by atoms with van der Waals surface area (Å²) in [7, 11) is 0. The molecule has 3 rings (SSSR count). The Hall–Kier alpha value is -1.82. The van der Waals surface area contributed by atoms with Crippen molar-refractivity contribution in [3.8, 4) is 11.1 Å². The summed E-state index contributed by atoms with van der Waals surface area (Å²) in [5.74, 6) is 1.77. The van der Waals surface area contributed by atoms with E-state index in [4.69, 9.17) is 0 Å². The molecule has 0 aliphatic heterocycles. The maximum atomic E-state index is 2.38. The molecule has 0 radical (unpaired) electrons. The molecule has 0 heterocycles. The van der Waals surface area contributed by atoms with E-state index < -0.39 is 0 Å². The highest BCUT2D eigenvalue weighted by molar-refractivity contribution is 5.66. The van der Waals surface area contributed by atoms with Gasteiger partial charge in [-0.2, -0.15) is 0 Å². The van der Waals surface area contributed by atoms with E-state index in [-0.39, 0.29) is 0 Å². The predicted molar refractivity (Wildman–Crippen MR) is 125 cm³/mol. The highest BCUT2D eigenvalue weighted by Crippen LogP contribution is 2.38. The Balaban J connectivity index is 1.53. The van der Waals surface area contributed by atoms with E-state index in [1.807, 2.05) is 0 Å². The lowest BCUT2D eigenvalue weighted by atomic mass is 9.77. The standard InChI is InChI=1S/C28H38/c1-4-5-6-7-8-23-9-13-25(14-10-23)27-17-19-28(20-18-27)26-15-11-24(12-16-26)21-22(2)3/h11-12,15-21,23,25H,4-10,13-14H2,1-3H3. The molecule has 150 valence electrons. The lowest BCUT2D eigenvalue weighted by Crippen LogP contribution is -2.13. The van der Waals surface area contributed by atoms with Gasteiger partial charge in [-0.25, -0.2) is 0 Å². The van der Waals surface area contributed by atoms with Crippen LogP contribution in [0.1, 0.15) is 95.6 Å². The van der Waals surface area contributed by atoms with Crippen molar-refractivity contribution in [2.45, 2.75) is 84.5 Å². The van der Waals surface area contributed by atoms with Crippen molar-refractivity contribution < 1.29 is 0 Å². The van der Waals surface area contributed by atoms with Crippen LogP contribution in [0.2, 0.25) is 0 Å². The molecule has 0 saturated heterocycles. The summed E-state index contributed by atoms with van der Waals surface area (Å²) in [4.78, 5) is 0. The lowest BCUT2D eigenvalue weighted by Gasteiger charge is -2.29. The van der Waals surface area contributed by atoms with Gasteiger partial charge in [-0.15, -0.1) is 0 Å². The van der Waals surface area contributed by atoms with Crippen molar-refractivity contribution in [1.29, 1.82) is 0 Å². The maximum Gasteiger partial charge on any atom is -0.0162 e. The Kier molecular flexibility index (Phi) is 7.95. The van der Waals surface area contributed by atoms with Gasteiger partial charge in [0, 0.05) is 0 Å². The van der Waals surface area contributed by atoms with Gasteiger partial charge < -0.3 is 0 Å². The number of rotatable bonds is 8. The summed E-state index contributed by atoms with van der Waals surface area (Å²) in [6, 6.07) is 18.3. The Labute approximate surface area is 173 Å². The van der Waals surface area contributed by atoms with E-state index in [1.165, 1.54) is 80.1 Å². The minimum atomic E-state index is 0.779. The second kappa shape index (κ2) is 10.6. The van der Waals surface area contributed by atoms with Gasteiger partial charge in [0.05, 0.1) is 0 Å². The van der Waals surface area contributed by atoms with Gasteiger partial charge in [0.2, 0.25) is 0 Å². The number of hydrogen-bond acceptors (Lipinski definition) is 0. The van der Waals surface area contributed by atoms with Gasteiger partial charge in [0.15, 0.2) is 0 Å². The SMILES string of the molecule is CCCCCCC1CCC(c2ccc(-c3ccc(C=C(C)C)cc3)cc2)CC1. The molecule has 0 bridgehead atoms. The highest BCUT2D eigenvalue weighted by atomic mass is 14.3. The number of allylic oxidation sites excluding steroid dienone is 1. The molecule has 0 spiro atoms. The molecule has 0 heteroatoms. The van der Waals surface area contributed by atoms with Crippen LogP contribution in [0.5, 0.6) is 0 Å². The quantitative estimate of drug-likeness (QED) is 0.404. The van der Waals surface area contributed by atoms with Crippen LogP contribution in [-0.2, 0) is 0 Å². The highest BCUT2D eigenvalue weighted by Gasteiger charge is 2.22. The van der Waals surface area contributed by atoms with Crippen LogP contribution in [0.4, 0.5) is 0 Å². The van der Waals surface area contributed by atoms with Gasteiger partial charge >= 0.3 is 0 Å². The summed E-state index contributed by atoms with van der Waals surface area (Å²) in [6.07, 6.45) is 15.0. The fourth-order valence-corrected chi connectivity index (χ4v) is 4.70. The minimum absolute atomic E-state index is 0.779. The maximum absolute atomic E-state index is 2.38. The average molecular weight is 375 g/mol. The second-order valence-corrected chi connectivity index (χ2v) is 9.03. The third kappa shape index (κ3) is 6.09. The number of hydrogen-bond donors (Lipinski definition) is 0. The number of unbranched alkanes of at least 4 members (excludes halogenated alkanes) is 3. The Morgan fingerprint density at radius 1 is 0.786 bits per heavy atom. The van der Waals surface area contributed by atoms with Crippen molar-refractivity contribution in [3.63, 3.8) is 0 Å². The minimum Gasteiger partial charge on any atom is -0.0758 e. The van der Waals surface area contributed by atoms with Crippen LogP contribution >= 0.6 is 0 Å². The summed E-state index contributed by atoms with van der Waals surface area (Å²) in [5.41, 5.74) is 6.82. The average Bonchev–Trinajstić information content (AvgIpc) is 2.72. The molecule has 0 unspecified atom stereocenters. The van der Waals surface area contributed by atoms with Crippen LogP contribution in [-0.4, -0.2) is 0 Å². The topological polar surface area (TPSA) is 0 Å². The molecular weight excluding hydrogens is 336 g/mol. The first kappa shape index (κ1) is 20.9. The molecule has 1 fully saturated rings. The zero-order chi connectivity index (χ0) is 19.8. The van der Waals surface area contributed by atoms with Crippen molar-refractivity contribution >= 4 is 6.08 Å². The monoisotopic (exact) mass is 374 g/mol. The van der Waals surface area contributed by atoms with Crippen molar-refractivity contribution in [1.82, 2.24) is 0 Å². The number of benzene rings is 2. The Bertz CT molecular complexity index is 721. The summed E-state index contributed by atoms with van der Waals surface area (Å²) in [5, 5.41) is 0. The normalized spacial score (nSPS) is 19.4. The summed E-state index contributed by atoms with van der Waals surface area (Å²) >= 11 is 0. The van der Waals surface area contributed by atoms with Gasteiger partial charge in [0.25, 0.3) is 0 Å². The molecule has 1 saturated carbocycles. The molecule has 2 aromatic carbocycles. The van der Waals surface area contributed by atoms with Crippen LogP contribution in [0.3, 0.4) is 0 Å². The molecule has 0 N–H and O–H groups in total. The van der Waals surface area contributed by atoms with Crippen LogP contribution in [0, 0.1) is 5.92 Å². The molecule has 28 heavy (non-hydrogen) atoms. The smallest absolute Gasteiger partial charge is 0.0162 e. The van der Waals surface area contributed by atoms with Crippen molar-refractivity contribution in [2.75, 3.05) is 0 Å². The first-order valence-electron chi connectivity index (χ1n) is 11.5. The van der Waals surface area contributed by atoms with Gasteiger partial charge in [-0.3, -0.25) is 0 Å². The van der Waals surface area contributed by atoms with E-state index in [1.54, 1.807) is 5.56 Å². The van der Waals surface area contributed by atoms with E-state index in [0.29, 0.717) is 0 Å². The molecule has 0 atom stereocenters. The molecule has 1 aliphatic carbocycles. The van der Waals surface area contributed by atoms with E-state index >= 15 is 0 Å². The molecule has 0 amide bonds. The summed E-state index contributed by atoms with van der Waals surface area (Å²) < 4.78 is 0. The first-order valence-corrected chi connectivity index (χ1v) is 11.5. The van der Waals surface area contributed by atoms with E-state index in [0.717, 1.165) is 11.8 Å². The zero-order valence-corrected chi connectivity index (χ0v) is 18.2. The third-order valence-corrected chi connectivity index (χ3v) is 6.39. The van der Waals surface area contributed by atoms with Gasteiger partial charge in [0.1, 0.15) is 0 Å². The molecular formula is C28H38. The zero-order valence-electron chi connectivity index (χ0n) is 18.2. The fraction of sp³-hybridized carbons (Fsp3) is 0.500. The van der Waals surface area contributed by atoms with E-state index in [9.17, 15) is 0 Å². The summed E-state index contributed by atoms with van der Waals surface area (Å²) in [6.45, 7) is 6.59. The van der Waals surface area contributed by atoms with Gasteiger partial charge in [-0.1, -0.05) is 99.2 Å². The van der Waals surface area contributed by atoms with Gasteiger partial charge in [-0.05, 0) is 73.6 Å². The van der Waals surface area contributed by atoms with Crippen molar-refractivity contribution in [3.05, 3.63) is 65.2 Å². The second-order valence-electron chi connectivity index (χ2n) is 9.03. The van der Waals surface area contributed by atoms with Crippen LogP contribution in [0.15, 0.2) is 54.1 Å².